The summed E-state index contributed by atoms with van der Waals surface area (Å²) in [6.07, 6.45) is 2.53. The van der Waals surface area contributed by atoms with Crippen molar-refractivity contribution in [3.63, 3.8) is 0 Å². The summed E-state index contributed by atoms with van der Waals surface area (Å²) >= 11 is 0. The van der Waals surface area contributed by atoms with Crippen molar-refractivity contribution in [1.29, 1.82) is 0 Å². The van der Waals surface area contributed by atoms with Crippen molar-refractivity contribution in [1.82, 2.24) is 5.32 Å². The zero-order valence-electron chi connectivity index (χ0n) is 13.9. The zero-order chi connectivity index (χ0) is 15.2. The van der Waals surface area contributed by atoms with Gasteiger partial charge in [-0.1, -0.05) is 33.3 Å². The first-order valence-electron chi connectivity index (χ1n) is 8.39. The molecule has 0 aromatic heterocycles. The van der Waals surface area contributed by atoms with E-state index in [1.165, 1.54) is 12.1 Å². The molecule has 0 bridgehead atoms. The van der Waals surface area contributed by atoms with E-state index in [-0.39, 0.29) is 6.10 Å². The van der Waals surface area contributed by atoms with Gasteiger partial charge in [0.05, 0.1) is 6.10 Å². The number of anilines is 1. The molecule has 3 atom stereocenters. The van der Waals surface area contributed by atoms with Crippen molar-refractivity contribution in [2.45, 2.75) is 52.7 Å². The number of hydrogen-bond donors (Lipinski definition) is 1. The lowest BCUT2D eigenvalue weighted by Crippen LogP contribution is -2.53. The van der Waals surface area contributed by atoms with Crippen LogP contribution in [0.15, 0.2) is 24.3 Å². The standard InChI is InChI=1S/C18H30N2O/c1-5-14(3)18-13-20(11-10-19-18)16-8-7-9-17(12-16)21-15(4)6-2/h7-9,12,14-15,18-19H,5-6,10-11,13H2,1-4H3. The Bertz CT molecular complexity index is 435. The van der Waals surface area contributed by atoms with Crippen LogP contribution in [0.1, 0.15) is 40.5 Å². The van der Waals surface area contributed by atoms with E-state index < -0.39 is 0 Å². The summed E-state index contributed by atoms with van der Waals surface area (Å²) in [6.45, 7) is 12.1. The van der Waals surface area contributed by atoms with Crippen LogP contribution in [0.25, 0.3) is 0 Å². The van der Waals surface area contributed by atoms with Crippen LogP contribution in [0, 0.1) is 5.92 Å². The Hall–Kier alpha value is -1.22. The number of nitrogens with zero attached hydrogens (tertiary/aromatic N) is 1. The van der Waals surface area contributed by atoms with Crippen LogP contribution < -0.4 is 15.0 Å². The molecule has 2 rings (SSSR count). The molecular formula is C18H30N2O. The first kappa shape index (κ1) is 16.2. The normalized spacial score (nSPS) is 21.9. The fraction of sp³-hybridized carbons (Fsp3) is 0.667. The molecule has 0 radical (unpaired) electrons. The highest BCUT2D eigenvalue weighted by Gasteiger charge is 2.23. The van der Waals surface area contributed by atoms with E-state index in [2.05, 4.69) is 62.2 Å². The van der Waals surface area contributed by atoms with Gasteiger partial charge in [-0.2, -0.15) is 0 Å². The van der Waals surface area contributed by atoms with Gasteiger partial charge >= 0.3 is 0 Å². The Morgan fingerprint density at radius 2 is 2.10 bits per heavy atom. The van der Waals surface area contributed by atoms with Gasteiger partial charge in [0, 0.05) is 37.4 Å². The van der Waals surface area contributed by atoms with Crippen LogP contribution in [0.5, 0.6) is 5.75 Å². The van der Waals surface area contributed by atoms with Gasteiger partial charge in [0.1, 0.15) is 5.75 Å². The molecule has 1 aliphatic heterocycles. The van der Waals surface area contributed by atoms with E-state index in [0.717, 1.165) is 31.8 Å². The predicted octanol–water partition coefficient (Wildman–Crippen LogP) is 3.69. The molecule has 3 nitrogen and oxygen atoms in total. The van der Waals surface area contributed by atoms with E-state index in [1.54, 1.807) is 0 Å². The number of benzene rings is 1. The molecule has 118 valence electrons. The average molecular weight is 290 g/mol. The van der Waals surface area contributed by atoms with E-state index in [4.69, 9.17) is 4.74 Å². The van der Waals surface area contributed by atoms with Gasteiger partial charge in [-0.15, -0.1) is 0 Å². The first-order valence-corrected chi connectivity index (χ1v) is 8.39. The van der Waals surface area contributed by atoms with Gasteiger partial charge in [0.15, 0.2) is 0 Å². The van der Waals surface area contributed by atoms with Crippen LogP contribution in [0.3, 0.4) is 0 Å². The lowest BCUT2D eigenvalue weighted by atomic mass is 9.97. The molecule has 1 saturated heterocycles. The summed E-state index contributed by atoms with van der Waals surface area (Å²) in [6, 6.07) is 9.13. The summed E-state index contributed by atoms with van der Waals surface area (Å²) < 4.78 is 5.95. The smallest absolute Gasteiger partial charge is 0.121 e. The highest BCUT2D eigenvalue weighted by molar-refractivity contribution is 5.51. The molecule has 0 amide bonds. The maximum Gasteiger partial charge on any atom is 0.121 e. The average Bonchev–Trinajstić information content (AvgIpc) is 2.54. The van der Waals surface area contributed by atoms with Crippen molar-refractivity contribution < 1.29 is 4.74 Å². The van der Waals surface area contributed by atoms with Crippen molar-refractivity contribution in [2.75, 3.05) is 24.5 Å². The number of hydrogen-bond acceptors (Lipinski definition) is 3. The zero-order valence-corrected chi connectivity index (χ0v) is 13.9. The number of nitrogens with one attached hydrogen (secondary N) is 1. The Morgan fingerprint density at radius 3 is 2.81 bits per heavy atom. The number of rotatable bonds is 6. The molecule has 21 heavy (non-hydrogen) atoms. The quantitative estimate of drug-likeness (QED) is 0.865. The van der Waals surface area contributed by atoms with E-state index in [0.29, 0.717) is 12.0 Å². The lowest BCUT2D eigenvalue weighted by molar-refractivity contribution is 0.217. The molecule has 3 unspecified atom stereocenters. The fourth-order valence-electron chi connectivity index (χ4n) is 2.75. The van der Waals surface area contributed by atoms with Crippen LogP contribution >= 0.6 is 0 Å². The fourth-order valence-corrected chi connectivity index (χ4v) is 2.75. The van der Waals surface area contributed by atoms with E-state index >= 15 is 0 Å². The van der Waals surface area contributed by atoms with Gasteiger partial charge < -0.3 is 15.0 Å². The van der Waals surface area contributed by atoms with E-state index in [1.807, 2.05) is 0 Å². The summed E-state index contributed by atoms with van der Waals surface area (Å²) in [5.74, 6) is 1.70. The van der Waals surface area contributed by atoms with Crippen LogP contribution in [-0.4, -0.2) is 31.8 Å². The molecule has 1 aliphatic rings. The third-order valence-electron chi connectivity index (χ3n) is 4.63. The minimum Gasteiger partial charge on any atom is -0.491 e. The maximum absolute atomic E-state index is 5.95. The third-order valence-corrected chi connectivity index (χ3v) is 4.63. The molecule has 1 aromatic rings. The second kappa shape index (κ2) is 7.69. The van der Waals surface area contributed by atoms with Crippen molar-refractivity contribution in [3.05, 3.63) is 24.3 Å². The van der Waals surface area contributed by atoms with Crippen molar-refractivity contribution in [2.24, 2.45) is 5.92 Å². The number of ether oxygens (including phenoxy) is 1. The topological polar surface area (TPSA) is 24.5 Å². The predicted molar refractivity (Wildman–Crippen MR) is 90.3 cm³/mol. The number of piperazine rings is 1. The second-order valence-electron chi connectivity index (χ2n) is 6.23. The molecule has 1 heterocycles. The maximum atomic E-state index is 5.95. The molecular weight excluding hydrogens is 260 g/mol. The molecule has 1 N–H and O–H groups in total. The van der Waals surface area contributed by atoms with Crippen molar-refractivity contribution >= 4 is 5.69 Å². The molecule has 1 fully saturated rings. The highest BCUT2D eigenvalue weighted by atomic mass is 16.5. The third kappa shape index (κ3) is 4.37. The molecule has 0 saturated carbocycles. The SMILES string of the molecule is CCC(C)Oc1cccc(N2CCNC(C(C)CC)C2)c1. The Labute approximate surface area is 129 Å². The minimum atomic E-state index is 0.274. The van der Waals surface area contributed by atoms with Crippen LogP contribution in [0.2, 0.25) is 0 Å². The Morgan fingerprint density at radius 1 is 1.29 bits per heavy atom. The molecule has 0 aliphatic carbocycles. The lowest BCUT2D eigenvalue weighted by Gasteiger charge is -2.38. The van der Waals surface area contributed by atoms with Gasteiger partial charge in [0.2, 0.25) is 0 Å². The second-order valence-corrected chi connectivity index (χ2v) is 6.23. The largest absolute Gasteiger partial charge is 0.491 e. The van der Waals surface area contributed by atoms with Gasteiger partial charge in [-0.3, -0.25) is 0 Å². The Balaban J connectivity index is 2.05. The summed E-state index contributed by atoms with van der Waals surface area (Å²) in [7, 11) is 0. The van der Waals surface area contributed by atoms with Gasteiger partial charge in [-0.05, 0) is 31.4 Å². The van der Waals surface area contributed by atoms with Crippen LogP contribution in [-0.2, 0) is 0 Å². The van der Waals surface area contributed by atoms with Crippen molar-refractivity contribution in [3.8, 4) is 5.75 Å². The van der Waals surface area contributed by atoms with Gasteiger partial charge in [-0.25, -0.2) is 0 Å². The highest BCUT2D eigenvalue weighted by Crippen LogP contribution is 2.24. The van der Waals surface area contributed by atoms with E-state index in [9.17, 15) is 0 Å². The summed E-state index contributed by atoms with van der Waals surface area (Å²) in [5.41, 5.74) is 1.28. The first-order chi connectivity index (χ1) is 10.1. The van der Waals surface area contributed by atoms with Crippen LogP contribution in [0.4, 0.5) is 5.69 Å². The Kier molecular flexibility index (Phi) is 5.92. The summed E-state index contributed by atoms with van der Waals surface area (Å²) in [4.78, 5) is 2.48. The summed E-state index contributed by atoms with van der Waals surface area (Å²) in [5, 5.41) is 3.65. The minimum absolute atomic E-state index is 0.274. The van der Waals surface area contributed by atoms with Gasteiger partial charge in [0.25, 0.3) is 0 Å². The monoisotopic (exact) mass is 290 g/mol. The molecule has 1 aromatic carbocycles. The molecule has 3 heteroatoms. The molecule has 0 spiro atoms.